The maximum Gasteiger partial charge on any atom is 0.417 e. The van der Waals surface area contributed by atoms with Crippen LogP contribution >= 0.6 is 0 Å². The largest absolute Gasteiger partial charge is 0.417 e. The first-order valence-corrected chi connectivity index (χ1v) is 10.2. The van der Waals surface area contributed by atoms with Gasteiger partial charge in [0.05, 0.1) is 16.8 Å². The average Bonchev–Trinajstić information content (AvgIpc) is 3.30. The first-order valence-electron chi connectivity index (χ1n) is 10.2. The highest BCUT2D eigenvalue weighted by Crippen LogP contribution is 2.41. The quantitative estimate of drug-likeness (QED) is 0.586. The molecule has 3 atom stereocenters. The summed E-state index contributed by atoms with van der Waals surface area (Å²) in [6.45, 7) is 0. The van der Waals surface area contributed by atoms with Crippen LogP contribution in [0.25, 0.3) is 11.0 Å². The molecule has 0 radical (unpaired) electrons. The van der Waals surface area contributed by atoms with Crippen LogP contribution in [-0.2, 0) is 6.18 Å². The van der Waals surface area contributed by atoms with Gasteiger partial charge in [0.2, 0.25) is 0 Å². The highest BCUT2D eigenvalue weighted by Gasteiger charge is 2.42. The highest BCUT2D eigenvalue weighted by molar-refractivity contribution is 6.06. The van der Waals surface area contributed by atoms with Gasteiger partial charge in [0, 0.05) is 42.1 Å². The molecule has 1 amide bonds. The summed E-state index contributed by atoms with van der Waals surface area (Å²) in [5.41, 5.74) is 6.50. The standard InChI is InChI=1S/C21H21F3N6O/c22-21(23,24)11-1-4-17(27-9-11)30-13-2-3-14(30)8-12(7-13)29-18-15-5-6-26-20(15)28-10-16(18)19(25)31/h1,4-6,9-10,12-14H,2-3,7-8H2,(H2,25,31)(H2,26,28,29)/t12-,13+,14-. The van der Waals surface area contributed by atoms with Crippen LogP contribution in [0, 0.1) is 0 Å². The Bertz CT molecular complexity index is 1110. The lowest BCUT2D eigenvalue weighted by atomic mass is 9.96. The van der Waals surface area contributed by atoms with Crippen LogP contribution in [0.1, 0.15) is 41.6 Å². The van der Waals surface area contributed by atoms with E-state index in [2.05, 4.69) is 25.2 Å². The van der Waals surface area contributed by atoms with Crippen molar-refractivity contribution in [2.24, 2.45) is 5.73 Å². The molecule has 7 nitrogen and oxygen atoms in total. The molecule has 5 rings (SSSR count). The second-order valence-electron chi connectivity index (χ2n) is 8.16. The molecule has 2 aliphatic rings. The number of halogens is 3. The third-order valence-corrected chi connectivity index (χ3v) is 6.27. The van der Waals surface area contributed by atoms with E-state index in [1.807, 2.05) is 6.07 Å². The minimum atomic E-state index is -4.40. The molecule has 10 heteroatoms. The molecule has 2 fully saturated rings. The fourth-order valence-electron chi connectivity index (χ4n) is 4.93. The zero-order chi connectivity index (χ0) is 21.8. The number of anilines is 2. The molecule has 0 aromatic carbocycles. The number of hydrogen-bond donors (Lipinski definition) is 3. The smallest absolute Gasteiger partial charge is 0.381 e. The Morgan fingerprint density at radius 1 is 1.13 bits per heavy atom. The van der Waals surface area contributed by atoms with Crippen LogP contribution in [0.3, 0.4) is 0 Å². The Balaban J connectivity index is 1.38. The lowest BCUT2D eigenvalue weighted by molar-refractivity contribution is -0.137. The predicted molar refractivity (Wildman–Crippen MR) is 110 cm³/mol. The number of nitrogens with one attached hydrogen (secondary N) is 2. The second-order valence-corrected chi connectivity index (χ2v) is 8.16. The van der Waals surface area contributed by atoms with Crippen LogP contribution < -0.4 is 16.0 Å². The SMILES string of the molecule is NC(=O)c1cnc2[nH]ccc2c1N[C@H]1C[C@H]2CC[C@@H](C1)N2c1ccc(C(F)(F)F)cn1. The van der Waals surface area contributed by atoms with Crippen LogP contribution in [0.15, 0.2) is 36.8 Å². The molecule has 0 spiro atoms. The van der Waals surface area contributed by atoms with Crippen molar-refractivity contribution >= 4 is 28.4 Å². The number of hydrogen-bond acceptors (Lipinski definition) is 5. The molecule has 3 aromatic rings. The van der Waals surface area contributed by atoms with E-state index < -0.39 is 17.6 Å². The summed E-state index contributed by atoms with van der Waals surface area (Å²) in [6.07, 6.45) is 3.20. The molecule has 5 heterocycles. The topological polar surface area (TPSA) is 99.9 Å². The number of amides is 1. The van der Waals surface area contributed by atoms with Crippen molar-refractivity contribution in [1.29, 1.82) is 0 Å². The highest BCUT2D eigenvalue weighted by atomic mass is 19.4. The van der Waals surface area contributed by atoms with Crippen molar-refractivity contribution in [3.63, 3.8) is 0 Å². The molecule has 0 unspecified atom stereocenters. The number of rotatable bonds is 4. The van der Waals surface area contributed by atoms with E-state index in [0.717, 1.165) is 43.3 Å². The molecule has 2 aliphatic heterocycles. The molecule has 2 bridgehead atoms. The molecule has 2 saturated heterocycles. The number of fused-ring (bicyclic) bond motifs is 3. The Labute approximate surface area is 175 Å². The van der Waals surface area contributed by atoms with E-state index in [9.17, 15) is 18.0 Å². The molecule has 0 saturated carbocycles. The number of aromatic nitrogens is 3. The van der Waals surface area contributed by atoms with E-state index in [1.165, 1.54) is 12.3 Å². The van der Waals surface area contributed by atoms with E-state index in [4.69, 9.17) is 5.73 Å². The number of primary amides is 1. The van der Waals surface area contributed by atoms with Gasteiger partial charge in [0.25, 0.3) is 5.91 Å². The van der Waals surface area contributed by atoms with E-state index >= 15 is 0 Å². The zero-order valence-electron chi connectivity index (χ0n) is 16.5. The summed E-state index contributed by atoms with van der Waals surface area (Å²) in [5, 5.41) is 4.31. The molecular formula is C21H21F3N6O. The predicted octanol–water partition coefficient (Wildman–Crippen LogP) is 3.69. The molecule has 31 heavy (non-hydrogen) atoms. The molecule has 3 aromatic heterocycles. The summed E-state index contributed by atoms with van der Waals surface area (Å²) < 4.78 is 38.6. The van der Waals surface area contributed by atoms with Gasteiger partial charge in [-0.2, -0.15) is 13.2 Å². The first kappa shape index (κ1) is 19.7. The lowest BCUT2D eigenvalue weighted by Crippen LogP contribution is -2.47. The first-order chi connectivity index (χ1) is 14.8. The Hall–Kier alpha value is -3.30. The van der Waals surface area contributed by atoms with E-state index in [-0.39, 0.29) is 18.1 Å². The summed E-state index contributed by atoms with van der Waals surface area (Å²) in [6, 6.07) is 4.83. The maximum atomic E-state index is 12.9. The average molecular weight is 430 g/mol. The van der Waals surface area contributed by atoms with Gasteiger partial charge in [-0.1, -0.05) is 0 Å². The van der Waals surface area contributed by atoms with E-state index in [0.29, 0.717) is 22.7 Å². The molecule has 0 aliphatic carbocycles. The number of carbonyl (C=O) groups excluding carboxylic acids is 1. The Kier molecular flexibility index (Phi) is 4.53. The molecular weight excluding hydrogens is 409 g/mol. The number of H-pyrrole nitrogens is 1. The van der Waals surface area contributed by atoms with Crippen LogP contribution in [0.2, 0.25) is 0 Å². The maximum absolute atomic E-state index is 12.9. The van der Waals surface area contributed by atoms with Crippen LogP contribution in [-0.4, -0.2) is 39.0 Å². The van der Waals surface area contributed by atoms with Crippen molar-refractivity contribution in [2.75, 3.05) is 10.2 Å². The number of alkyl halides is 3. The van der Waals surface area contributed by atoms with Gasteiger partial charge < -0.3 is 20.9 Å². The van der Waals surface area contributed by atoms with Gasteiger partial charge in [-0.3, -0.25) is 4.79 Å². The number of nitrogens with zero attached hydrogens (tertiary/aromatic N) is 3. The zero-order valence-corrected chi connectivity index (χ0v) is 16.5. The van der Waals surface area contributed by atoms with Crippen molar-refractivity contribution in [3.8, 4) is 0 Å². The molecule has 162 valence electrons. The van der Waals surface area contributed by atoms with Gasteiger partial charge in [-0.15, -0.1) is 0 Å². The van der Waals surface area contributed by atoms with Crippen LogP contribution in [0.5, 0.6) is 0 Å². The fourth-order valence-corrected chi connectivity index (χ4v) is 4.93. The van der Waals surface area contributed by atoms with Crippen molar-refractivity contribution < 1.29 is 18.0 Å². The monoisotopic (exact) mass is 430 g/mol. The van der Waals surface area contributed by atoms with Gasteiger partial charge in [0.1, 0.15) is 11.5 Å². The van der Waals surface area contributed by atoms with Gasteiger partial charge in [0.15, 0.2) is 0 Å². The normalized spacial score (nSPS) is 23.3. The Morgan fingerprint density at radius 2 is 1.87 bits per heavy atom. The van der Waals surface area contributed by atoms with Crippen molar-refractivity contribution in [2.45, 2.75) is 50.0 Å². The fraction of sp³-hybridized carbons (Fsp3) is 0.381. The number of aromatic amines is 1. The number of carbonyl (C=O) groups is 1. The number of piperidine rings is 1. The minimum absolute atomic E-state index is 0.0989. The second kappa shape index (κ2) is 7.14. The van der Waals surface area contributed by atoms with Gasteiger partial charge >= 0.3 is 6.18 Å². The van der Waals surface area contributed by atoms with Crippen molar-refractivity contribution in [3.05, 3.63) is 47.9 Å². The van der Waals surface area contributed by atoms with Crippen LogP contribution in [0.4, 0.5) is 24.7 Å². The summed E-state index contributed by atoms with van der Waals surface area (Å²) in [7, 11) is 0. The summed E-state index contributed by atoms with van der Waals surface area (Å²) in [4.78, 5) is 25.5. The molecule has 4 N–H and O–H groups in total. The minimum Gasteiger partial charge on any atom is -0.381 e. The third-order valence-electron chi connectivity index (χ3n) is 6.27. The third kappa shape index (κ3) is 3.45. The Morgan fingerprint density at radius 3 is 2.48 bits per heavy atom. The van der Waals surface area contributed by atoms with Gasteiger partial charge in [-0.05, 0) is 43.9 Å². The summed E-state index contributed by atoms with van der Waals surface area (Å²) in [5.74, 6) is 0.0289. The van der Waals surface area contributed by atoms with E-state index in [1.54, 1.807) is 6.20 Å². The van der Waals surface area contributed by atoms with Crippen molar-refractivity contribution in [1.82, 2.24) is 15.0 Å². The van der Waals surface area contributed by atoms with Gasteiger partial charge in [-0.25, -0.2) is 9.97 Å². The number of nitrogens with two attached hydrogens (primary N) is 1. The summed E-state index contributed by atoms with van der Waals surface area (Å²) >= 11 is 0. The number of pyridine rings is 2. The lowest BCUT2D eigenvalue weighted by Gasteiger charge is -2.40.